The van der Waals surface area contributed by atoms with E-state index in [4.69, 9.17) is 27.9 Å². The van der Waals surface area contributed by atoms with Gasteiger partial charge in [-0.2, -0.15) is 0 Å². The number of urea groups is 1. The summed E-state index contributed by atoms with van der Waals surface area (Å²) in [6, 6.07) is 5.33. The van der Waals surface area contributed by atoms with E-state index in [1.165, 1.54) is 18.4 Å². The Morgan fingerprint density at radius 3 is 2.29 bits per heavy atom. The maximum absolute atomic E-state index is 13.3. The summed E-state index contributed by atoms with van der Waals surface area (Å²) in [5.41, 5.74) is 0.567. The molecule has 3 amide bonds. The van der Waals surface area contributed by atoms with Crippen molar-refractivity contribution >= 4 is 63.1 Å². The molecule has 3 N–H and O–H groups in total. The van der Waals surface area contributed by atoms with Gasteiger partial charge in [0.05, 0.1) is 28.4 Å². The number of benzene rings is 1. The Kier molecular flexibility index (Phi) is 9.22. The first-order valence-electron chi connectivity index (χ1n) is 11.3. The molecule has 1 aliphatic carbocycles. The van der Waals surface area contributed by atoms with Gasteiger partial charge >= 0.3 is 12.0 Å². The molecular formula is C24H29Cl2N3O4S. The van der Waals surface area contributed by atoms with Crippen LogP contribution in [0, 0.1) is 5.92 Å². The average Bonchev–Trinajstić information content (AvgIpc) is 3.24. The molecular weight excluding hydrogens is 497 g/mol. The highest BCUT2D eigenvalue weighted by molar-refractivity contribution is 7.16. The Morgan fingerprint density at radius 1 is 1.06 bits per heavy atom. The van der Waals surface area contributed by atoms with E-state index in [2.05, 4.69) is 16.0 Å². The van der Waals surface area contributed by atoms with E-state index >= 15 is 0 Å². The van der Waals surface area contributed by atoms with E-state index in [-0.39, 0.29) is 17.5 Å². The van der Waals surface area contributed by atoms with Crippen molar-refractivity contribution in [2.75, 3.05) is 17.7 Å². The van der Waals surface area contributed by atoms with Crippen LogP contribution in [0.3, 0.4) is 0 Å². The maximum Gasteiger partial charge on any atom is 0.328 e. The highest BCUT2D eigenvalue weighted by Crippen LogP contribution is 2.35. The second kappa shape index (κ2) is 11.9. The standard InChI is InChI=1S/C24H29Cl2N3O4S/c1-13(2)18-12-15(21(30)27-19(23(31)33-3)14-8-5-4-6-9-14)22(34-18)29-24(32)28-20-16(25)10-7-11-17(20)26/h7,10-14,19H,4-6,8-9H2,1-3H3,(H,27,30)(H2,28,29,32)/t19-/m0/s1. The molecule has 7 nitrogen and oxygen atoms in total. The fraction of sp³-hybridized carbons (Fsp3) is 0.458. The SMILES string of the molecule is COC(=O)[C@@H](NC(=O)c1cc(C(C)C)sc1NC(=O)Nc1c(Cl)cccc1Cl)C1CCCCC1. The third-order valence-corrected chi connectivity index (χ3v) is 7.84. The molecule has 1 fully saturated rings. The van der Waals surface area contributed by atoms with Gasteiger partial charge < -0.3 is 15.4 Å². The van der Waals surface area contributed by atoms with Gasteiger partial charge in [-0.3, -0.25) is 10.1 Å². The number of esters is 1. The van der Waals surface area contributed by atoms with Crippen molar-refractivity contribution in [3.05, 3.63) is 44.8 Å². The van der Waals surface area contributed by atoms with Crippen LogP contribution in [-0.2, 0) is 9.53 Å². The van der Waals surface area contributed by atoms with E-state index in [0.717, 1.165) is 37.0 Å². The van der Waals surface area contributed by atoms with Crippen LogP contribution in [0.1, 0.15) is 67.1 Å². The number of anilines is 2. The molecule has 1 atom stereocenters. The Bertz CT molecular complexity index is 1030. The summed E-state index contributed by atoms with van der Waals surface area (Å²) in [7, 11) is 1.32. The van der Waals surface area contributed by atoms with Gasteiger partial charge in [-0.05, 0) is 42.9 Å². The normalized spacial score (nSPS) is 15.0. The highest BCUT2D eigenvalue weighted by atomic mass is 35.5. The Hall–Kier alpha value is -2.29. The van der Waals surface area contributed by atoms with Crippen molar-refractivity contribution in [3.63, 3.8) is 0 Å². The number of ether oxygens (including phenoxy) is 1. The lowest BCUT2D eigenvalue weighted by atomic mass is 9.83. The van der Waals surface area contributed by atoms with Crippen LogP contribution < -0.4 is 16.0 Å². The molecule has 0 bridgehead atoms. The van der Waals surface area contributed by atoms with E-state index in [0.29, 0.717) is 20.6 Å². The monoisotopic (exact) mass is 525 g/mol. The summed E-state index contributed by atoms with van der Waals surface area (Å²) >= 11 is 13.6. The molecule has 0 aliphatic heterocycles. The molecule has 184 valence electrons. The van der Waals surface area contributed by atoms with Gasteiger partial charge in [0.15, 0.2) is 0 Å². The highest BCUT2D eigenvalue weighted by Gasteiger charge is 2.33. The lowest BCUT2D eigenvalue weighted by Gasteiger charge is -2.29. The van der Waals surface area contributed by atoms with Crippen LogP contribution >= 0.6 is 34.5 Å². The molecule has 0 spiro atoms. The lowest BCUT2D eigenvalue weighted by Crippen LogP contribution is -2.47. The number of amides is 3. The molecule has 1 heterocycles. The summed E-state index contributed by atoms with van der Waals surface area (Å²) in [6.07, 6.45) is 4.86. The summed E-state index contributed by atoms with van der Waals surface area (Å²) < 4.78 is 4.97. The Balaban J connectivity index is 1.82. The first-order chi connectivity index (χ1) is 16.2. The quantitative estimate of drug-likeness (QED) is 0.351. The summed E-state index contributed by atoms with van der Waals surface area (Å²) in [6.45, 7) is 4.00. The van der Waals surface area contributed by atoms with E-state index in [1.807, 2.05) is 13.8 Å². The second-order valence-corrected chi connectivity index (χ2v) is 10.5. The van der Waals surface area contributed by atoms with Crippen LogP contribution in [0.25, 0.3) is 0 Å². The molecule has 0 radical (unpaired) electrons. The molecule has 34 heavy (non-hydrogen) atoms. The van der Waals surface area contributed by atoms with Crippen molar-refractivity contribution in [3.8, 4) is 0 Å². The molecule has 0 saturated heterocycles. The predicted octanol–water partition coefficient (Wildman–Crippen LogP) is 6.67. The van der Waals surface area contributed by atoms with Gasteiger partial charge in [0.2, 0.25) is 0 Å². The molecule has 10 heteroatoms. The van der Waals surface area contributed by atoms with Crippen LogP contribution in [0.5, 0.6) is 0 Å². The summed E-state index contributed by atoms with van der Waals surface area (Å²) in [5.74, 6) is -0.728. The lowest BCUT2D eigenvalue weighted by molar-refractivity contribution is -0.144. The van der Waals surface area contributed by atoms with E-state index in [9.17, 15) is 14.4 Å². The number of nitrogens with one attached hydrogen (secondary N) is 3. The van der Waals surface area contributed by atoms with Gasteiger partial charge in [0.1, 0.15) is 11.0 Å². The van der Waals surface area contributed by atoms with Crippen molar-refractivity contribution in [1.82, 2.24) is 5.32 Å². The minimum Gasteiger partial charge on any atom is -0.467 e. The zero-order valence-corrected chi connectivity index (χ0v) is 21.7. The summed E-state index contributed by atoms with van der Waals surface area (Å²) in [5, 5.41) is 9.20. The Morgan fingerprint density at radius 2 is 1.71 bits per heavy atom. The van der Waals surface area contributed by atoms with Crippen molar-refractivity contribution in [2.24, 2.45) is 5.92 Å². The van der Waals surface area contributed by atoms with Crippen molar-refractivity contribution in [1.29, 1.82) is 0 Å². The number of methoxy groups -OCH3 is 1. The molecule has 0 unspecified atom stereocenters. The molecule has 1 saturated carbocycles. The topological polar surface area (TPSA) is 96.5 Å². The van der Waals surface area contributed by atoms with Crippen LogP contribution in [0.15, 0.2) is 24.3 Å². The van der Waals surface area contributed by atoms with Crippen molar-refractivity contribution < 1.29 is 19.1 Å². The van der Waals surface area contributed by atoms with Gasteiger partial charge in [0.25, 0.3) is 5.91 Å². The number of hydrogen-bond acceptors (Lipinski definition) is 5. The molecule has 1 aromatic heterocycles. The number of thiophene rings is 1. The summed E-state index contributed by atoms with van der Waals surface area (Å²) in [4.78, 5) is 39.4. The van der Waals surface area contributed by atoms with Gasteiger partial charge in [-0.25, -0.2) is 9.59 Å². The number of rotatable bonds is 7. The largest absolute Gasteiger partial charge is 0.467 e. The van der Waals surface area contributed by atoms with Gasteiger partial charge in [-0.1, -0.05) is 62.4 Å². The fourth-order valence-corrected chi connectivity index (χ4v) is 5.55. The molecule has 3 rings (SSSR count). The first-order valence-corrected chi connectivity index (χ1v) is 12.8. The van der Waals surface area contributed by atoms with Gasteiger partial charge in [0, 0.05) is 4.88 Å². The van der Waals surface area contributed by atoms with Gasteiger partial charge in [-0.15, -0.1) is 11.3 Å². The number of para-hydroxylation sites is 1. The zero-order valence-electron chi connectivity index (χ0n) is 19.4. The smallest absolute Gasteiger partial charge is 0.328 e. The minimum absolute atomic E-state index is 0.0235. The molecule has 1 aliphatic rings. The van der Waals surface area contributed by atoms with Crippen LogP contribution in [0.4, 0.5) is 15.5 Å². The number of carbonyl (C=O) groups is 3. The average molecular weight is 526 g/mol. The maximum atomic E-state index is 13.3. The number of halogens is 2. The molecule has 1 aromatic carbocycles. The third-order valence-electron chi connectivity index (χ3n) is 5.86. The first kappa shape index (κ1) is 26.3. The third kappa shape index (κ3) is 6.43. The van der Waals surface area contributed by atoms with E-state index in [1.54, 1.807) is 24.3 Å². The predicted molar refractivity (Wildman–Crippen MR) is 137 cm³/mol. The minimum atomic E-state index is -0.733. The van der Waals surface area contributed by atoms with Crippen LogP contribution in [0.2, 0.25) is 10.0 Å². The van der Waals surface area contributed by atoms with Crippen LogP contribution in [-0.4, -0.2) is 31.1 Å². The Labute approximate surface area is 213 Å². The van der Waals surface area contributed by atoms with Crippen molar-refractivity contribution in [2.45, 2.75) is 57.9 Å². The number of hydrogen-bond donors (Lipinski definition) is 3. The van der Waals surface area contributed by atoms with E-state index < -0.39 is 23.9 Å². The fourth-order valence-electron chi connectivity index (χ4n) is 4.00. The number of carbonyl (C=O) groups excluding carboxylic acids is 3. The zero-order chi connectivity index (χ0) is 24.8. The molecule has 2 aromatic rings. The second-order valence-electron chi connectivity index (χ2n) is 8.59.